The Morgan fingerprint density at radius 3 is 1.05 bits per heavy atom. The number of allylic oxidation sites excluding steroid dienone is 2. The van der Waals surface area contributed by atoms with E-state index in [9.17, 15) is 9.59 Å². The highest BCUT2D eigenvalue weighted by molar-refractivity contribution is 5.90. The van der Waals surface area contributed by atoms with Crippen LogP contribution >= 0.6 is 0 Å². The van der Waals surface area contributed by atoms with E-state index in [2.05, 4.69) is 19.1 Å². The number of hydrogen-bond acceptors (Lipinski definition) is 3. The molecule has 0 saturated carbocycles. The highest BCUT2D eigenvalue weighted by Crippen LogP contribution is 2.16. The van der Waals surface area contributed by atoms with Crippen molar-refractivity contribution in [1.82, 2.24) is 0 Å². The molecule has 0 aliphatic carbocycles. The van der Waals surface area contributed by atoms with Crippen LogP contribution < -0.4 is 0 Å². The SMILES string of the molecule is CCCCCCCC/C=C\CCCCCCCCCCCCCCCCCCCCCCCCCCOC(=O)/C=C/C(=O)O. The fourth-order valence-corrected chi connectivity index (χ4v) is 5.89. The minimum atomic E-state index is -1.13. The number of ether oxygens (including phenoxy) is 1. The Hall–Kier alpha value is -1.58. The van der Waals surface area contributed by atoms with E-state index in [-0.39, 0.29) is 0 Å². The number of aliphatic carboxylic acids is 1. The maximum absolute atomic E-state index is 11.3. The minimum absolute atomic E-state index is 0.376. The highest BCUT2D eigenvalue weighted by atomic mass is 16.5. The molecule has 0 aromatic carbocycles. The summed E-state index contributed by atoms with van der Waals surface area (Å²) in [5.74, 6) is -1.70. The van der Waals surface area contributed by atoms with Crippen LogP contribution in [0.5, 0.6) is 0 Å². The second-order valence-corrected chi connectivity index (χ2v) is 13.1. The number of carboxylic acids is 1. The zero-order valence-corrected chi connectivity index (χ0v) is 29.3. The topological polar surface area (TPSA) is 63.6 Å². The van der Waals surface area contributed by atoms with E-state index in [4.69, 9.17) is 9.84 Å². The van der Waals surface area contributed by atoms with Crippen molar-refractivity contribution >= 4 is 11.9 Å². The van der Waals surface area contributed by atoms with Gasteiger partial charge in [0.25, 0.3) is 0 Å². The van der Waals surface area contributed by atoms with Gasteiger partial charge >= 0.3 is 11.9 Å². The van der Waals surface area contributed by atoms with Crippen molar-refractivity contribution in [3.8, 4) is 0 Å². The van der Waals surface area contributed by atoms with Crippen molar-refractivity contribution in [3.05, 3.63) is 24.3 Å². The number of carbonyl (C=O) groups excluding carboxylic acids is 1. The summed E-state index contributed by atoms with van der Waals surface area (Å²) >= 11 is 0. The van der Waals surface area contributed by atoms with Gasteiger partial charge in [0.1, 0.15) is 0 Å². The van der Waals surface area contributed by atoms with E-state index in [1.54, 1.807) is 0 Å². The van der Waals surface area contributed by atoms with Gasteiger partial charge in [-0.15, -0.1) is 0 Å². The van der Waals surface area contributed by atoms with Crippen LogP contribution in [-0.2, 0) is 14.3 Å². The molecule has 44 heavy (non-hydrogen) atoms. The molecule has 0 atom stereocenters. The molecule has 0 spiro atoms. The van der Waals surface area contributed by atoms with Crippen molar-refractivity contribution in [1.29, 1.82) is 0 Å². The monoisotopic (exact) mass is 619 g/mol. The maximum atomic E-state index is 11.3. The summed E-state index contributed by atoms with van der Waals surface area (Å²) in [5, 5.41) is 8.47. The van der Waals surface area contributed by atoms with Crippen LogP contribution in [0, 0.1) is 0 Å². The van der Waals surface area contributed by atoms with Crippen LogP contribution in [0.1, 0.15) is 212 Å². The number of carbonyl (C=O) groups is 2. The predicted molar refractivity (Wildman–Crippen MR) is 190 cm³/mol. The van der Waals surface area contributed by atoms with E-state index in [1.807, 2.05) is 0 Å². The molecule has 0 rings (SSSR count). The first-order valence-corrected chi connectivity index (χ1v) is 19.4. The Morgan fingerprint density at radius 1 is 0.432 bits per heavy atom. The summed E-state index contributed by atoms with van der Waals surface area (Å²) in [6, 6.07) is 0. The van der Waals surface area contributed by atoms with Gasteiger partial charge in [-0.05, 0) is 32.1 Å². The van der Waals surface area contributed by atoms with Crippen LogP contribution in [0.3, 0.4) is 0 Å². The number of hydrogen-bond donors (Lipinski definition) is 1. The van der Waals surface area contributed by atoms with Gasteiger partial charge < -0.3 is 9.84 Å². The van der Waals surface area contributed by atoms with Crippen LogP contribution in [-0.4, -0.2) is 23.7 Å². The summed E-state index contributed by atoms with van der Waals surface area (Å²) < 4.78 is 4.97. The summed E-state index contributed by atoms with van der Waals surface area (Å²) in [6.07, 6.45) is 50.3. The lowest BCUT2D eigenvalue weighted by Crippen LogP contribution is -2.03. The third kappa shape index (κ3) is 38.4. The minimum Gasteiger partial charge on any atom is -0.478 e. The molecule has 0 fully saturated rings. The molecule has 0 heterocycles. The Kier molecular flexibility index (Phi) is 36.3. The maximum Gasteiger partial charge on any atom is 0.331 e. The fourth-order valence-electron chi connectivity index (χ4n) is 5.89. The van der Waals surface area contributed by atoms with Crippen molar-refractivity contribution < 1.29 is 19.4 Å². The first kappa shape index (κ1) is 42.4. The van der Waals surface area contributed by atoms with E-state index in [1.165, 1.54) is 193 Å². The van der Waals surface area contributed by atoms with E-state index >= 15 is 0 Å². The quantitative estimate of drug-likeness (QED) is 0.0328. The lowest BCUT2D eigenvalue weighted by atomic mass is 10.0. The number of unbranched alkanes of at least 4 members (excludes halogenated alkanes) is 30. The first-order valence-electron chi connectivity index (χ1n) is 19.4. The standard InChI is InChI=1S/C40H74O4/c1-2-3-4-5-6-7-8-9-10-11-12-13-14-15-16-17-18-19-20-21-22-23-24-25-26-27-28-29-30-31-32-33-34-35-38-44-40(43)37-36-39(41)42/h9-10,36-37H,2-8,11-35,38H2,1H3,(H,41,42)/b10-9-,37-36+. The average Bonchev–Trinajstić information content (AvgIpc) is 3.02. The van der Waals surface area contributed by atoms with Crippen LogP contribution in [0.25, 0.3) is 0 Å². The Labute approximate surface area is 274 Å². The average molecular weight is 619 g/mol. The van der Waals surface area contributed by atoms with Crippen molar-refractivity contribution in [2.45, 2.75) is 212 Å². The molecule has 0 saturated heterocycles. The summed E-state index contributed by atoms with van der Waals surface area (Å²) in [5.41, 5.74) is 0. The van der Waals surface area contributed by atoms with E-state index in [0.29, 0.717) is 6.61 Å². The Bertz CT molecular complexity index is 654. The molecule has 0 aromatic rings. The molecular formula is C40H74O4. The van der Waals surface area contributed by atoms with Gasteiger partial charge in [-0.2, -0.15) is 0 Å². The zero-order chi connectivity index (χ0) is 32.0. The van der Waals surface area contributed by atoms with Crippen molar-refractivity contribution in [3.63, 3.8) is 0 Å². The molecule has 0 aliphatic rings. The van der Waals surface area contributed by atoms with Crippen molar-refractivity contribution in [2.24, 2.45) is 0 Å². The molecule has 0 radical (unpaired) electrons. The molecule has 4 nitrogen and oxygen atoms in total. The Morgan fingerprint density at radius 2 is 0.727 bits per heavy atom. The molecule has 258 valence electrons. The van der Waals surface area contributed by atoms with Gasteiger partial charge in [-0.3, -0.25) is 0 Å². The van der Waals surface area contributed by atoms with Crippen LogP contribution in [0.4, 0.5) is 0 Å². The molecule has 0 unspecified atom stereocenters. The molecule has 0 bridgehead atoms. The molecule has 0 amide bonds. The van der Waals surface area contributed by atoms with Gasteiger partial charge in [0.15, 0.2) is 0 Å². The Balaban J connectivity index is 3.12. The predicted octanol–water partition coefficient (Wildman–Crippen LogP) is 13.2. The second-order valence-electron chi connectivity index (χ2n) is 13.1. The number of esters is 1. The molecule has 0 aliphatic heterocycles. The lowest BCUT2D eigenvalue weighted by molar-refractivity contribution is -0.138. The summed E-state index contributed by atoms with van der Waals surface area (Å²) in [4.78, 5) is 21.6. The lowest BCUT2D eigenvalue weighted by Gasteiger charge is -2.04. The molecular weight excluding hydrogens is 544 g/mol. The third-order valence-corrected chi connectivity index (χ3v) is 8.76. The largest absolute Gasteiger partial charge is 0.478 e. The van der Waals surface area contributed by atoms with Gasteiger partial charge in [-0.25, -0.2) is 9.59 Å². The highest BCUT2D eigenvalue weighted by Gasteiger charge is 1.99. The van der Waals surface area contributed by atoms with Crippen molar-refractivity contribution in [2.75, 3.05) is 6.61 Å². The molecule has 0 aromatic heterocycles. The second kappa shape index (κ2) is 37.6. The van der Waals surface area contributed by atoms with Gasteiger partial charge in [-0.1, -0.05) is 192 Å². The smallest absolute Gasteiger partial charge is 0.331 e. The third-order valence-electron chi connectivity index (χ3n) is 8.76. The summed E-state index contributed by atoms with van der Waals surface area (Å²) in [6.45, 7) is 2.66. The van der Waals surface area contributed by atoms with Crippen LogP contribution in [0.15, 0.2) is 24.3 Å². The fraction of sp³-hybridized carbons (Fsp3) is 0.850. The van der Waals surface area contributed by atoms with E-state index < -0.39 is 11.9 Å². The first-order chi connectivity index (χ1) is 21.7. The number of rotatable bonds is 36. The molecule has 4 heteroatoms. The molecule has 1 N–H and O–H groups in total. The van der Waals surface area contributed by atoms with E-state index in [0.717, 1.165) is 25.0 Å². The normalized spacial score (nSPS) is 11.7. The number of carboxylic acid groups (broad SMARTS) is 1. The van der Waals surface area contributed by atoms with Crippen LogP contribution in [0.2, 0.25) is 0 Å². The van der Waals surface area contributed by atoms with Gasteiger partial charge in [0.05, 0.1) is 6.61 Å². The zero-order valence-electron chi connectivity index (χ0n) is 29.3. The van der Waals surface area contributed by atoms with Gasteiger partial charge in [0.2, 0.25) is 0 Å². The summed E-state index contributed by atoms with van der Waals surface area (Å²) in [7, 11) is 0. The van der Waals surface area contributed by atoms with Gasteiger partial charge in [0, 0.05) is 12.2 Å².